The molecule has 1 atom stereocenters. The van der Waals surface area contributed by atoms with E-state index in [2.05, 4.69) is 15.3 Å². The third-order valence-electron chi connectivity index (χ3n) is 5.48. The second-order valence-corrected chi connectivity index (χ2v) is 7.56. The quantitative estimate of drug-likeness (QED) is 0.578. The van der Waals surface area contributed by atoms with Gasteiger partial charge in [-0.1, -0.05) is 0 Å². The number of amides is 2. The number of aryl methyl sites for hydroxylation is 1. The maximum atomic E-state index is 12.5. The van der Waals surface area contributed by atoms with E-state index in [1.54, 1.807) is 23.5 Å². The lowest BCUT2D eigenvalue weighted by Crippen LogP contribution is -2.45. The van der Waals surface area contributed by atoms with E-state index in [0.29, 0.717) is 30.8 Å². The monoisotopic (exact) mass is 405 g/mol. The molecule has 8 nitrogen and oxygen atoms in total. The first kappa shape index (κ1) is 19.8. The highest BCUT2D eigenvalue weighted by molar-refractivity contribution is 6.19. The minimum absolute atomic E-state index is 0.261. The lowest BCUT2D eigenvalue weighted by molar-refractivity contribution is -0.136. The van der Waals surface area contributed by atoms with E-state index >= 15 is 0 Å². The van der Waals surface area contributed by atoms with E-state index < -0.39 is 6.04 Å². The van der Waals surface area contributed by atoms with Gasteiger partial charge in [0.15, 0.2) is 0 Å². The molecule has 154 valence electrons. The summed E-state index contributed by atoms with van der Waals surface area (Å²) in [7, 11) is 1.48. The third kappa shape index (κ3) is 3.56. The van der Waals surface area contributed by atoms with Crippen LogP contribution in [0.25, 0.3) is 11.3 Å². The zero-order chi connectivity index (χ0) is 21.3. The van der Waals surface area contributed by atoms with Gasteiger partial charge in [-0.15, -0.1) is 0 Å². The van der Waals surface area contributed by atoms with Gasteiger partial charge in [-0.3, -0.25) is 24.5 Å². The molecular formula is C22H23N5O3. The smallest absolute Gasteiger partial charge is 0.277 e. The van der Waals surface area contributed by atoms with Gasteiger partial charge in [0.2, 0.25) is 0 Å². The van der Waals surface area contributed by atoms with Gasteiger partial charge in [0.05, 0.1) is 17.6 Å². The number of likely N-dealkylation sites (N-methyl/N-ethyl adjacent to an activating group) is 1. The van der Waals surface area contributed by atoms with Gasteiger partial charge in [-0.2, -0.15) is 0 Å². The first-order chi connectivity index (χ1) is 14.5. The molecule has 1 N–H and O–H groups in total. The normalized spacial score (nSPS) is 17.3. The third-order valence-corrected chi connectivity index (χ3v) is 5.48. The minimum atomic E-state index is -0.556. The Balaban J connectivity index is 1.47. The maximum Gasteiger partial charge on any atom is 0.277 e. The van der Waals surface area contributed by atoms with Crippen molar-refractivity contribution >= 4 is 23.8 Å². The van der Waals surface area contributed by atoms with Crippen molar-refractivity contribution in [2.45, 2.75) is 25.8 Å². The van der Waals surface area contributed by atoms with Crippen LogP contribution in [0.1, 0.15) is 18.4 Å². The molecule has 2 aromatic heterocycles. The van der Waals surface area contributed by atoms with Gasteiger partial charge in [0.1, 0.15) is 18.0 Å². The molecule has 2 aliphatic heterocycles. The summed E-state index contributed by atoms with van der Waals surface area (Å²) in [6.07, 6.45) is 7.39. The molecule has 4 heterocycles. The fraction of sp³-hybridized carbons (Fsp3) is 0.318. The van der Waals surface area contributed by atoms with Gasteiger partial charge in [-0.25, -0.2) is 0 Å². The zero-order valence-electron chi connectivity index (χ0n) is 17.0. The number of nitrogens with zero attached hydrogens (tertiary/aromatic N) is 4. The van der Waals surface area contributed by atoms with Crippen LogP contribution in [0.15, 0.2) is 48.1 Å². The van der Waals surface area contributed by atoms with Gasteiger partial charge >= 0.3 is 0 Å². The second kappa shape index (κ2) is 8.06. The highest BCUT2D eigenvalue weighted by Crippen LogP contribution is 2.31. The van der Waals surface area contributed by atoms with Crippen molar-refractivity contribution in [3.05, 3.63) is 53.6 Å². The van der Waals surface area contributed by atoms with Crippen molar-refractivity contribution in [2.24, 2.45) is 0 Å². The molecule has 0 saturated carbocycles. The maximum absolute atomic E-state index is 12.5. The van der Waals surface area contributed by atoms with Crippen LogP contribution in [-0.2, 0) is 14.4 Å². The van der Waals surface area contributed by atoms with E-state index in [1.165, 1.54) is 7.05 Å². The Morgan fingerprint density at radius 1 is 1.20 bits per heavy atom. The molecular weight excluding hydrogens is 382 g/mol. The second-order valence-electron chi connectivity index (χ2n) is 7.56. The van der Waals surface area contributed by atoms with Crippen molar-refractivity contribution in [2.75, 3.05) is 25.5 Å². The highest BCUT2D eigenvalue weighted by atomic mass is 16.2. The fourth-order valence-corrected chi connectivity index (χ4v) is 3.89. The minimum Gasteiger partial charge on any atom is -0.381 e. The van der Waals surface area contributed by atoms with Crippen LogP contribution in [0, 0.1) is 6.92 Å². The summed E-state index contributed by atoms with van der Waals surface area (Å²) in [6, 6.07) is 5.25. The summed E-state index contributed by atoms with van der Waals surface area (Å²) >= 11 is 0. The standard InChI is InChI=1S/C22H23N5O3/c1-14-8-15(10-23-9-14)19-6-5-16(11-25-19)24-12-17(13-28)27-7-3-4-18-20(27)22(30)26(2)21(18)29/h5-6,8-11,13,17,24H,3-4,7,12H2,1-2H3. The highest BCUT2D eigenvalue weighted by Gasteiger charge is 2.42. The summed E-state index contributed by atoms with van der Waals surface area (Å²) in [4.78, 5) is 48.1. The zero-order valence-corrected chi connectivity index (χ0v) is 17.0. The number of hydrogen-bond donors (Lipinski definition) is 1. The molecule has 0 radical (unpaired) electrons. The van der Waals surface area contributed by atoms with Crippen LogP contribution in [0.5, 0.6) is 0 Å². The average Bonchev–Trinajstić information content (AvgIpc) is 2.99. The number of aromatic nitrogens is 2. The van der Waals surface area contributed by atoms with Crippen LogP contribution in [0.2, 0.25) is 0 Å². The largest absolute Gasteiger partial charge is 0.381 e. The Hall–Kier alpha value is -3.55. The molecule has 0 bridgehead atoms. The summed E-state index contributed by atoms with van der Waals surface area (Å²) in [5, 5.41) is 3.22. The summed E-state index contributed by atoms with van der Waals surface area (Å²) in [5.74, 6) is -0.595. The number of anilines is 1. The van der Waals surface area contributed by atoms with E-state index in [0.717, 1.165) is 40.1 Å². The first-order valence-corrected chi connectivity index (χ1v) is 9.89. The Bertz CT molecular complexity index is 1030. The fourth-order valence-electron chi connectivity index (χ4n) is 3.89. The van der Waals surface area contributed by atoms with Crippen LogP contribution >= 0.6 is 0 Å². The number of nitrogens with one attached hydrogen (secondary N) is 1. The summed E-state index contributed by atoms with van der Waals surface area (Å²) in [5.41, 5.74) is 4.46. The number of carbonyl (C=O) groups excluding carboxylic acids is 3. The summed E-state index contributed by atoms with van der Waals surface area (Å²) in [6.45, 7) is 2.85. The molecule has 0 fully saturated rings. The van der Waals surface area contributed by atoms with Crippen molar-refractivity contribution in [3.63, 3.8) is 0 Å². The summed E-state index contributed by atoms with van der Waals surface area (Å²) < 4.78 is 0. The Kier molecular flexibility index (Phi) is 5.31. The van der Waals surface area contributed by atoms with Crippen LogP contribution in [0.3, 0.4) is 0 Å². The van der Waals surface area contributed by atoms with E-state index in [-0.39, 0.29) is 11.8 Å². The molecule has 0 aromatic carbocycles. The van der Waals surface area contributed by atoms with E-state index in [1.807, 2.05) is 25.1 Å². The molecule has 2 amide bonds. The predicted molar refractivity (Wildman–Crippen MR) is 111 cm³/mol. The number of aldehydes is 1. The van der Waals surface area contributed by atoms with Crippen molar-refractivity contribution in [1.29, 1.82) is 0 Å². The Morgan fingerprint density at radius 3 is 2.73 bits per heavy atom. The van der Waals surface area contributed by atoms with Gasteiger partial charge < -0.3 is 15.0 Å². The lowest BCUT2D eigenvalue weighted by atomic mass is 10.0. The molecule has 30 heavy (non-hydrogen) atoms. The number of carbonyl (C=O) groups is 3. The van der Waals surface area contributed by atoms with Crippen molar-refractivity contribution < 1.29 is 14.4 Å². The molecule has 0 aliphatic carbocycles. The molecule has 2 aliphatic rings. The van der Waals surface area contributed by atoms with Crippen molar-refractivity contribution in [1.82, 2.24) is 19.8 Å². The van der Waals surface area contributed by atoms with Crippen LogP contribution in [-0.4, -0.2) is 64.0 Å². The molecule has 1 unspecified atom stereocenters. The molecule has 2 aromatic rings. The van der Waals surface area contributed by atoms with Gasteiger partial charge in [-0.05, 0) is 43.5 Å². The van der Waals surface area contributed by atoms with Crippen LogP contribution < -0.4 is 5.32 Å². The number of rotatable bonds is 6. The molecule has 0 spiro atoms. The first-order valence-electron chi connectivity index (χ1n) is 9.89. The Morgan fingerprint density at radius 2 is 2.03 bits per heavy atom. The van der Waals surface area contributed by atoms with Crippen molar-refractivity contribution in [3.8, 4) is 11.3 Å². The lowest BCUT2D eigenvalue weighted by Gasteiger charge is -2.33. The van der Waals surface area contributed by atoms with E-state index in [4.69, 9.17) is 0 Å². The topological polar surface area (TPSA) is 95.5 Å². The number of imide groups is 1. The van der Waals surface area contributed by atoms with Crippen LogP contribution in [0.4, 0.5) is 5.69 Å². The Labute approximate surface area is 174 Å². The number of pyridine rings is 2. The molecule has 8 heteroatoms. The van der Waals surface area contributed by atoms with Gasteiger partial charge in [0, 0.05) is 43.7 Å². The average molecular weight is 405 g/mol. The molecule has 0 saturated heterocycles. The van der Waals surface area contributed by atoms with E-state index in [9.17, 15) is 14.4 Å². The predicted octanol–water partition coefficient (Wildman–Crippen LogP) is 1.78. The van der Waals surface area contributed by atoms with Gasteiger partial charge in [0.25, 0.3) is 11.8 Å². The molecule has 4 rings (SSSR count). The SMILES string of the molecule is Cc1cncc(-c2ccc(NCC(C=O)N3CCCC4=C3C(=O)N(C)C4=O)cn2)c1. The number of hydrogen-bond acceptors (Lipinski definition) is 7.